The number of hydrogen-bond donors (Lipinski definition) is 1. The molecule has 0 saturated heterocycles. The minimum absolute atomic E-state index is 0.233. The van der Waals surface area contributed by atoms with E-state index in [2.05, 4.69) is 4.74 Å². The van der Waals surface area contributed by atoms with Crippen LogP contribution in [0.25, 0.3) is 0 Å². The molecule has 0 heterocycles. The van der Waals surface area contributed by atoms with Gasteiger partial charge in [0.2, 0.25) is 0 Å². The zero-order valence-corrected chi connectivity index (χ0v) is 6.83. The Morgan fingerprint density at radius 3 is 2.18 bits per heavy atom. The highest BCUT2D eigenvalue weighted by Crippen LogP contribution is 2.05. The number of Topliss-reactive ketones (excluding diaryl/α,β-unsaturated/α-hetero) is 1. The molecule has 0 aliphatic carbocycles. The number of carbonyl (C=O) groups excluding carboxylic acids is 2. The molecule has 0 rings (SSSR count). The molecular weight excluding hydrogens is 148 g/mol. The van der Waals surface area contributed by atoms with Crippen LogP contribution < -0.4 is 0 Å². The summed E-state index contributed by atoms with van der Waals surface area (Å²) >= 11 is 0. The van der Waals surface area contributed by atoms with Gasteiger partial charge in [-0.3, -0.25) is 4.79 Å². The zero-order valence-electron chi connectivity index (χ0n) is 6.83. The second kappa shape index (κ2) is 4.08. The summed E-state index contributed by atoms with van der Waals surface area (Å²) in [4.78, 5) is 21.3. The number of carbonyl (C=O) groups is 2. The van der Waals surface area contributed by atoms with Gasteiger partial charge in [-0.15, -0.1) is 0 Å². The van der Waals surface area contributed by atoms with Crippen molar-refractivity contribution in [2.24, 2.45) is 5.92 Å². The number of aliphatic hydroxyl groups is 1. The molecule has 4 heteroatoms. The maximum atomic E-state index is 10.6. The van der Waals surface area contributed by atoms with Gasteiger partial charge in [0.25, 0.3) is 0 Å². The Morgan fingerprint density at radius 2 is 1.91 bits per heavy atom. The number of esters is 1. The molecule has 0 aliphatic rings. The molecule has 0 amide bonds. The Balaban J connectivity index is 4.12. The molecule has 0 aromatic heterocycles. The fraction of sp³-hybridized carbons (Fsp3) is 0.714. The molecule has 2 atom stereocenters. The van der Waals surface area contributed by atoms with E-state index in [0.717, 1.165) is 0 Å². The van der Waals surface area contributed by atoms with Gasteiger partial charge in [0.05, 0.1) is 13.0 Å². The van der Waals surface area contributed by atoms with E-state index in [4.69, 9.17) is 5.11 Å². The van der Waals surface area contributed by atoms with Gasteiger partial charge in [-0.05, 0) is 6.92 Å². The van der Waals surface area contributed by atoms with Gasteiger partial charge >= 0.3 is 5.97 Å². The third-order valence-corrected chi connectivity index (χ3v) is 1.56. The van der Waals surface area contributed by atoms with Crippen molar-refractivity contribution in [3.63, 3.8) is 0 Å². The molecule has 0 unspecified atom stereocenters. The van der Waals surface area contributed by atoms with E-state index in [1.165, 1.54) is 21.0 Å². The van der Waals surface area contributed by atoms with E-state index in [9.17, 15) is 9.59 Å². The minimum Gasteiger partial charge on any atom is -0.467 e. The molecule has 11 heavy (non-hydrogen) atoms. The summed E-state index contributed by atoms with van der Waals surface area (Å²) in [6.45, 7) is 2.79. The molecule has 64 valence electrons. The summed E-state index contributed by atoms with van der Waals surface area (Å²) in [5.74, 6) is -1.70. The SMILES string of the molecule is COC(=O)[C@H](O)[C@@H](C)C(C)=O. The van der Waals surface area contributed by atoms with Gasteiger partial charge in [-0.2, -0.15) is 0 Å². The number of hydrogen-bond acceptors (Lipinski definition) is 4. The Hall–Kier alpha value is -0.900. The highest BCUT2D eigenvalue weighted by molar-refractivity contribution is 5.86. The third-order valence-electron chi connectivity index (χ3n) is 1.56. The highest BCUT2D eigenvalue weighted by Gasteiger charge is 2.25. The molecule has 0 radical (unpaired) electrons. The minimum atomic E-state index is -1.34. The van der Waals surface area contributed by atoms with E-state index in [1.807, 2.05) is 0 Å². The number of ketones is 1. The van der Waals surface area contributed by atoms with Gasteiger partial charge in [0.15, 0.2) is 6.10 Å². The van der Waals surface area contributed by atoms with Crippen molar-refractivity contribution in [3.05, 3.63) is 0 Å². The lowest BCUT2D eigenvalue weighted by molar-refractivity contribution is -0.155. The lowest BCUT2D eigenvalue weighted by Gasteiger charge is -2.12. The number of aliphatic hydroxyl groups excluding tert-OH is 1. The van der Waals surface area contributed by atoms with Crippen molar-refractivity contribution < 1.29 is 19.4 Å². The molecule has 0 aromatic carbocycles. The maximum Gasteiger partial charge on any atom is 0.335 e. The maximum absolute atomic E-state index is 10.6. The fourth-order valence-corrected chi connectivity index (χ4v) is 0.547. The van der Waals surface area contributed by atoms with E-state index in [1.54, 1.807) is 0 Å². The number of ether oxygens (including phenoxy) is 1. The van der Waals surface area contributed by atoms with E-state index < -0.39 is 18.0 Å². The number of methoxy groups -OCH3 is 1. The van der Waals surface area contributed by atoms with Crippen LogP contribution in [0.3, 0.4) is 0 Å². The Morgan fingerprint density at radius 1 is 1.45 bits per heavy atom. The fourth-order valence-electron chi connectivity index (χ4n) is 0.547. The molecular formula is C7H12O4. The third kappa shape index (κ3) is 2.67. The quantitative estimate of drug-likeness (QED) is 0.578. The molecule has 4 nitrogen and oxygen atoms in total. The predicted molar refractivity (Wildman–Crippen MR) is 37.9 cm³/mol. The van der Waals surface area contributed by atoms with Gasteiger partial charge < -0.3 is 9.84 Å². The Bertz CT molecular complexity index is 164. The van der Waals surface area contributed by atoms with Crippen molar-refractivity contribution in [3.8, 4) is 0 Å². The first-order valence-corrected chi connectivity index (χ1v) is 3.27. The summed E-state index contributed by atoms with van der Waals surface area (Å²) < 4.78 is 4.24. The van der Waals surface area contributed by atoms with E-state index >= 15 is 0 Å². The summed E-state index contributed by atoms with van der Waals surface area (Å²) in [6.07, 6.45) is -1.34. The smallest absolute Gasteiger partial charge is 0.335 e. The topological polar surface area (TPSA) is 63.6 Å². The van der Waals surface area contributed by atoms with Crippen LogP contribution in [0.2, 0.25) is 0 Å². The first-order chi connectivity index (χ1) is 5.00. The summed E-state index contributed by atoms with van der Waals surface area (Å²) in [5, 5.41) is 9.06. The van der Waals surface area contributed by atoms with Crippen molar-refractivity contribution in [1.29, 1.82) is 0 Å². The molecule has 0 fully saturated rings. The van der Waals surface area contributed by atoms with Crippen molar-refractivity contribution >= 4 is 11.8 Å². The van der Waals surface area contributed by atoms with Crippen LogP contribution >= 0.6 is 0 Å². The summed E-state index contributed by atoms with van der Waals surface area (Å²) in [6, 6.07) is 0. The monoisotopic (exact) mass is 160 g/mol. The van der Waals surface area contributed by atoms with E-state index in [0.29, 0.717) is 0 Å². The first-order valence-electron chi connectivity index (χ1n) is 3.27. The molecule has 0 aliphatic heterocycles. The Labute approximate surface area is 65.2 Å². The van der Waals surface area contributed by atoms with Gasteiger partial charge in [-0.1, -0.05) is 6.92 Å². The van der Waals surface area contributed by atoms with Gasteiger partial charge in [-0.25, -0.2) is 4.79 Å². The molecule has 0 bridgehead atoms. The molecule has 1 N–H and O–H groups in total. The molecule has 0 spiro atoms. The molecule has 0 aromatic rings. The van der Waals surface area contributed by atoms with E-state index in [-0.39, 0.29) is 5.78 Å². The second-order valence-electron chi connectivity index (χ2n) is 2.37. The van der Waals surface area contributed by atoms with Crippen LogP contribution in [-0.2, 0) is 14.3 Å². The summed E-state index contributed by atoms with van der Waals surface area (Å²) in [5.41, 5.74) is 0. The Kier molecular flexibility index (Phi) is 3.74. The van der Waals surface area contributed by atoms with Crippen LogP contribution in [0.1, 0.15) is 13.8 Å². The average molecular weight is 160 g/mol. The largest absolute Gasteiger partial charge is 0.467 e. The first kappa shape index (κ1) is 10.1. The molecule has 0 saturated carbocycles. The summed E-state index contributed by atoms with van der Waals surface area (Å²) in [7, 11) is 1.17. The van der Waals surface area contributed by atoms with Crippen molar-refractivity contribution in [2.75, 3.05) is 7.11 Å². The van der Waals surface area contributed by atoms with Crippen LogP contribution in [0.4, 0.5) is 0 Å². The van der Waals surface area contributed by atoms with Crippen LogP contribution in [0, 0.1) is 5.92 Å². The highest BCUT2D eigenvalue weighted by atomic mass is 16.5. The second-order valence-corrected chi connectivity index (χ2v) is 2.37. The lowest BCUT2D eigenvalue weighted by atomic mass is 10.0. The van der Waals surface area contributed by atoms with Crippen LogP contribution in [-0.4, -0.2) is 30.1 Å². The predicted octanol–water partition coefficient (Wildman–Crippen LogP) is -0.255. The van der Waals surface area contributed by atoms with Gasteiger partial charge in [0.1, 0.15) is 5.78 Å². The van der Waals surface area contributed by atoms with Gasteiger partial charge in [0, 0.05) is 0 Å². The normalized spacial score (nSPS) is 15.3. The van der Waals surface area contributed by atoms with Crippen molar-refractivity contribution in [1.82, 2.24) is 0 Å². The number of rotatable bonds is 3. The lowest BCUT2D eigenvalue weighted by Crippen LogP contribution is -2.32. The van der Waals surface area contributed by atoms with Crippen LogP contribution in [0.15, 0.2) is 0 Å². The zero-order chi connectivity index (χ0) is 9.02. The van der Waals surface area contributed by atoms with Crippen LogP contribution in [0.5, 0.6) is 0 Å². The average Bonchev–Trinajstić information content (AvgIpc) is 2.00. The van der Waals surface area contributed by atoms with Crippen molar-refractivity contribution in [2.45, 2.75) is 20.0 Å². The standard InChI is InChI=1S/C7H12O4/c1-4(5(2)8)6(9)7(10)11-3/h4,6,9H,1-3H3/t4-,6+/m0/s1.